The standard InChI is InChI=1S/C21H28N6O2/c28-21(23-8-9-25-14-16-29-17-15-25)18-4-3-6-20(24-18)27-12-10-26(11-13-27)19-5-1-2-7-22-19/h1-7H,8-17H2,(H,23,28). The van der Waals surface area contributed by atoms with Gasteiger partial charge in [-0.05, 0) is 24.3 Å². The van der Waals surface area contributed by atoms with Crippen molar-refractivity contribution in [2.75, 3.05) is 75.4 Å². The second-order valence-corrected chi connectivity index (χ2v) is 7.25. The molecule has 0 unspecified atom stereocenters. The Kier molecular flexibility index (Phi) is 6.53. The maximum atomic E-state index is 12.5. The van der Waals surface area contributed by atoms with Crippen LogP contribution < -0.4 is 15.1 Å². The molecular weight excluding hydrogens is 368 g/mol. The van der Waals surface area contributed by atoms with E-state index in [-0.39, 0.29) is 5.91 Å². The molecule has 0 aliphatic carbocycles. The van der Waals surface area contributed by atoms with E-state index in [4.69, 9.17) is 4.74 Å². The molecule has 8 nitrogen and oxygen atoms in total. The first kappa shape index (κ1) is 19.6. The topological polar surface area (TPSA) is 73.8 Å². The van der Waals surface area contributed by atoms with Gasteiger partial charge in [0.05, 0.1) is 13.2 Å². The summed E-state index contributed by atoms with van der Waals surface area (Å²) in [5.74, 6) is 1.74. The highest BCUT2D eigenvalue weighted by molar-refractivity contribution is 5.92. The third kappa shape index (κ3) is 5.21. The molecule has 0 saturated carbocycles. The van der Waals surface area contributed by atoms with E-state index in [1.807, 2.05) is 36.5 Å². The van der Waals surface area contributed by atoms with E-state index in [0.29, 0.717) is 12.2 Å². The molecule has 2 aromatic rings. The van der Waals surface area contributed by atoms with E-state index in [2.05, 4.69) is 30.0 Å². The molecule has 29 heavy (non-hydrogen) atoms. The van der Waals surface area contributed by atoms with Gasteiger partial charge in [0.15, 0.2) is 0 Å². The summed E-state index contributed by atoms with van der Waals surface area (Å²) in [6, 6.07) is 11.6. The van der Waals surface area contributed by atoms with Gasteiger partial charge in [0.25, 0.3) is 5.91 Å². The number of aromatic nitrogens is 2. The summed E-state index contributed by atoms with van der Waals surface area (Å²) in [6.45, 7) is 8.32. The van der Waals surface area contributed by atoms with Crippen LogP contribution >= 0.6 is 0 Å². The first-order valence-electron chi connectivity index (χ1n) is 10.3. The first-order valence-corrected chi connectivity index (χ1v) is 10.3. The summed E-state index contributed by atoms with van der Waals surface area (Å²) < 4.78 is 5.35. The average Bonchev–Trinajstić information content (AvgIpc) is 2.80. The fourth-order valence-corrected chi connectivity index (χ4v) is 3.67. The molecule has 2 aromatic heterocycles. The lowest BCUT2D eigenvalue weighted by atomic mass is 10.2. The zero-order valence-corrected chi connectivity index (χ0v) is 16.7. The van der Waals surface area contributed by atoms with E-state index in [1.165, 1.54) is 0 Å². The van der Waals surface area contributed by atoms with Crippen LogP contribution in [-0.4, -0.2) is 86.3 Å². The van der Waals surface area contributed by atoms with Crippen molar-refractivity contribution in [3.05, 3.63) is 48.3 Å². The molecule has 0 bridgehead atoms. The van der Waals surface area contributed by atoms with E-state index < -0.39 is 0 Å². The molecule has 2 aliphatic rings. The quantitative estimate of drug-likeness (QED) is 0.777. The number of hydrogen-bond acceptors (Lipinski definition) is 7. The van der Waals surface area contributed by atoms with E-state index in [1.54, 1.807) is 6.07 Å². The summed E-state index contributed by atoms with van der Waals surface area (Å²) in [4.78, 5) is 28.3. The summed E-state index contributed by atoms with van der Waals surface area (Å²) in [5, 5.41) is 2.99. The van der Waals surface area contributed by atoms with Gasteiger partial charge in [-0.15, -0.1) is 0 Å². The fraction of sp³-hybridized carbons (Fsp3) is 0.476. The van der Waals surface area contributed by atoms with Gasteiger partial charge in [0, 0.05) is 58.6 Å². The number of rotatable bonds is 6. The third-order valence-electron chi connectivity index (χ3n) is 5.36. The lowest BCUT2D eigenvalue weighted by Gasteiger charge is -2.36. The molecule has 0 aromatic carbocycles. The van der Waals surface area contributed by atoms with Gasteiger partial charge in [0.2, 0.25) is 0 Å². The van der Waals surface area contributed by atoms with Gasteiger partial charge in [-0.2, -0.15) is 0 Å². The van der Waals surface area contributed by atoms with Crippen molar-refractivity contribution in [1.29, 1.82) is 0 Å². The largest absolute Gasteiger partial charge is 0.379 e. The molecule has 2 fully saturated rings. The van der Waals surface area contributed by atoms with Gasteiger partial charge >= 0.3 is 0 Å². The number of amides is 1. The lowest BCUT2D eigenvalue weighted by molar-refractivity contribution is 0.0383. The average molecular weight is 396 g/mol. The minimum absolute atomic E-state index is 0.118. The van der Waals surface area contributed by atoms with Crippen LogP contribution in [0.4, 0.5) is 11.6 Å². The highest BCUT2D eigenvalue weighted by atomic mass is 16.5. The van der Waals surface area contributed by atoms with Gasteiger partial charge < -0.3 is 19.9 Å². The number of carbonyl (C=O) groups is 1. The van der Waals surface area contributed by atoms with E-state index in [0.717, 1.165) is 70.7 Å². The van der Waals surface area contributed by atoms with Crippen molar-refractivity contribution in [2.24, 2.45) is 0 Å². The first-order chi connectivity index (χ1) is 14.3. The van der Waals surface area contributed by atoms with Crippen LogP contribution in [0.3, 0.4) is 0 Å². The van der Waals surface area contributed by atoms with Crippen molar-refractivity contribution in [3.63, 3.8) is 0 Å². The predicted molar refractivity (Wildman–Crippen MR) is 112 cm³/mol. The van der Waals surface area contributed by atoms with Crippen molar-refractivity contribution >= 4 is 17.5 Å². The zero-order chi connectivity index (χ0) is 19.9. The highest BCUT2D eigenvalue weighted by Crippen LogP contribution is 2.17. The minimum Gasteiger partial charge on any atom is -0.379 e. The molecule has 0 atom stereocenters. The molecule has 1 N–H and O–H groups in total. The van der Waals surface area contributed by atoms with Crippen LogP contribution in [0.5, 0.6) is 0 Å². The number of ether oxygens (including phenoxy) is 1. The smallest absolute Gasteiger partial charge is 0.270 e. The predicted octanol–water partition coefficient (Wildman–Crippen LogP) is 0.865. The Morgan fingerprint density at radius 1 is 0.931 bits per heavy atom. The molecule has 4 heterocycles. The van der Waals surface area contributed by atoms with Crippen molar-refractivity contribution in [1.82, 2.24) is 20.2 Å². The molecule has 154 valence electrons. The number of nitrogens with zero attached hydrogens (tertiary/aromatic N) is 5. The molecule has 1 amide bonds. The minimum atomic E-state index is -0.118. The van der Waals surface area contributed by atoms with Crippen molar-refractivity contribution in [2.45, 2.75) is 0 Å². The molecule has 8 heteroatoms. The van der Waals surface area contributed by atoms with Crippen molar-refractivity contribution in [3.8, 4) is 0 Å². The zero-order valence-electron chi connectivity index (χ0n) is 16.7. The highest BCUT2D eigenvalue weighted by Gasteiger charge is 2.20. The van der Waals surface area contributed by atoms with Gasteiger partial charge in [-0.25, -0.2) is 9.97 Å². The Bertz CT molecular complexity index is 789. The van der Waals surface area contributed by atoms with Crippen LogP contribution in [-0.2, 0) is 4.74 Å². The molecule has 2 aliphatic heterocycles. The van der Waals surface area contributed by atoms with Crippen LogP contribution in [0.25, 0.3) is 0 Å². The molecule has 0 spiro atoms. The maximum Gasteiger partial charge on any atom is 0.270 e. The Morgan fingerprint density at radius 2 is 1.66 bits per heavy atom. The molecule has 4 rings (SSSR count). The Morgan fingerprint density at radius 3 is 2.38 bits per heavy atom. The summed E-state index contributed by atoms with van der Waals surface area (Å²) >= 11 is 0. The molecule has 0 radical (unpaired) electrons. The second-order valence-electron chi connectivity index (χ2n) is 7.25. The third-order valence-corrected chi connectivity index (χ3v) is 5.36. The van der Waals surface area contributed by atoms with Crippen molar-refractivity contribution < 1.29 is 9.53 Å². The monoisotopic (exact) mass is 396 g/mol. The SMILES string of the molecule is O=C(NCCN1CCOCC1)c1cccc(N2CCN(c3ccccn3)CC2)n1. The summed E-state index contributed by atoms with van der Waals surface area (Å²) in [6.07, 6.45) is 1.82. The molecule has 2 saturated heterocycles. The second kappa shape index (κ2) is 9.67. The number of piperazine rings is 1. The van der Waals surface area contributed by atoms with Gasteiger partial charge in [-0.1, -0.05) is 12.1 Å². The number of pyridine rings is 2. The number of nitrogens with one attached hydrogen (secondary N) is 1. The summed E-state index contributed by atoms with van der Waals surface area (Å²) in [7, 11) is 0. The Labute approximate surface area is 171 Å². The normalized spacial score (nSPS) is 17.9. The Hall–Kier alpha value is -2.71. The van der Waals surface area contributed by atoms with Crippen LogP contribution in [0.1, 0.15) is 10.5 Å². The van der Waals surface area contributed by atoms with Crippen LogP contribution in [0.15, 0.2) is 42.6 Å². The van der Waals surface area contributed by atoms with Gasteiger partial charge in [-0.3, -0.25) is 9.69 Å². The molecular formula is C21H28N6O2. The fourth-order valence-electron chi connectivity index (χ4n) is 3.67. The number of morpholine rings is 1. The maximum absolute atomic E-state index is 12.5. The number of hydrogen-bond donors (Lipinski definition) is 1. The number of carbonyl (C=O) groups excluding carboxylic acids is 1. The number of anilines is 2. The van der Waals surface area contributed by atoms with Gasteiger partial charge in [0.1, 0.15) is 17.3 Å². The Balaban J connectivity index is 1.28. The lowest BCUT2D eigenvalue weighted by Crippen LogP contribution is -2.47. The van der Waals surface area contributed by atoms with Crippen LogP contribution in [0, 0.1) is 0 Å². The summed E-state index contributed by atoms with van der Waals surface area (Å²) in [5.41, 5.74) is 0.469. The van der Waals surface area contributed by atoms with E-state index in [9.17, 15) is 4.79 Å². The van der Waals surface area contributed by atoms with Crippen LogP contribution in [0.2, 0.25) is 0 Å². The van der Waals surface area contributed by atoms with E-state index >= 15 is 0 Å².